The number of carbonyl (C=O) groups is 1. The number of benzene rings is 1. The Morgan fingerprint density at radius 1 is 1.41 bits per heavy atom. The molecule has 6 heteroatoms. The Labute approximate surface area is 98.2 Å². The number of nitrogens with one attached hydrogen (secondary N) is 2. The smallest absolute Gasteiger partial charge is 0.269 e. The van der Waals surface area contributed by atoms with Gasteiger partial charge in [0.25, 0.3) is 5.69 Å². The first-order chi connectivity index (χ1) is 8.13. The van der Waals surface area contributed by atoms with Gasteiger partial charge < -0.3 is 5.32 Å². The molecule has 0 atom stereocenters. The summed E-state index contributed by atoms with van der Waals surface area (Å²) in [4.78, 5) is 21.2. The van der Waals surface area contributed by atoms with Crippen molar-refractivity contribution in [3.05, 3.63) is 34.4 Å². The molecule has 0 fully saturated rings. The van der Waals surface area contributed by atoms with Crippen LogP contribution in [0.2, 0.25) is 0 Å². The van der Waals surface area contributed by atoms with E-state index in [4.69, 9.17) is 6.42 Å². The second-order valence-electron chi connectivity index (χ2n) is 3.16. The third-order valence-corrected chi connectivity index (χ3v) is 1.87. The van der Waals surface area contributed by atoms with Gasteiger partial charge in [0.05, 0.1) is 18.0 Å². The van der Waals surface area contributed by atoms with Crippen LogP contribution in [0.5, 0.6) is 0 Å². The first kappa shape index (κ1) is 12.7. The van der Waals surface area contributed by atoms with Gasteiger partial charge in [-0.3, -0.25) is 20.2 Å². The van der Waals surface area contributed by atoms with Crippen molar-refractivity contribution < 1.29 is 9.72 Å². The quantitative estimate of drug-likeness (QED) is 0.340. The Morgan fingerprint density at radius 2 is 2.06 bits per heavy atom. The topological polar surface area (TPSA) is 84.3 Å². The summed E-state index contributed by atoms with van der Waals surface area (Å²) in [6, 6.07) is 5.59. The van der Waals surface area contributed by atoms with Gasteiger partial charge in [-0.1, -0.05) is 5.92 Å². The lowest BCUT2D eigenvalue weighted by Gasteiger charge is -2.04. The fourth-order valence-corrected chi connectivity index (χ4v) is 1.12. The highest BCUT2D eigenvalue weighted by atomic mass is 16.6. The van der Waals surface area contributed by atoms with Crippen molar-refractivity contribution >= 4 is 17.3 Å². The fourth-order valence-electron chi connectivity index (χ4n) is 1.12. The van der Waals surface area contributed by atoms with E-state index in [2.05, 4.69) is 16.6 Å². The second kappa shape index (κ2) is 6.25. The van der Waals surface area contributed by atoms with E-state index in [-0.39, 0.29) is 18.1 Å². The van der Waals surface area contributed by atoms with Gasteiger partial charge in [-0.15, -0.1) is 6.42 Å². The predicted molar refractivity (Wildman–Crippen MR) is 63.4 cm³/mol. The number of rotatable bonds is 5. The fraction of sp³-hybridized carbons (Fsp3) is 0.182. The zero-order valence-corrected chi connectivity index (χ0v) is 8.97. The molecule has 0 aliphatic heterocycles. The van der Waals surface area contributed by atoms with Crippen molar-refractivity contribution in [1.82, 2.24) is 5.32 Å². The third kappa shape index (κ3) is 4.32. The Balaban J connectivity index is 2.49. The monoisotopic (exact) mass is 233 g/mol. The first-order valence-electron chi connectivity index (χ1n) is 4.82. The molecular weight excluding hydrogens is 222 g/mol. The lowest BCUT2D eigenvalue weighted by atomic mass is 10.3. The normalized spacial score (nSPS) is 9.35. The van der Waals surface area contributed by atoms with Crippen LogP contribution in [-0.4, -0.2) is 23.9 Å². The minimum Gasteiger partial charge on any atom is -0.325 e. The molecule has 0 aromatic heterocycles. The minimum atomic E-state index is -0.500. The molecule has 0 radical (unpaired) electrons. The zero-order chi connectivity index (χ0) is 12.7. The highest BCUT2D eigenvalue weighted by Crippen LogP contribution is 2.14. The number of hydrogen-bond donors (Lipinski definition) is 2. The predicted octanol–water partition coefficient (Wildman–Crippen LogP) is 0.756. The molecule has 0 heterocycles. The molecule has 1 amide bonds. The van der Waals surface area contributed by atoms with E-state index >= 15 is 0 Å². The van der Waals surface area contributed by atoms with Crippen molar-refractivity contribution in [2.45, 2.75) is 0 Å². The number of non-ortho nitro benzene ring substituents is 1. The summed E-state index contributed by atoms with van der Waals surface area (Å²) in [6.45, 7) is 0.412. The van der Waals surface area contributed by atoms with Gasteiger partial charge in [0.1, 0.15) is 0 Å². The minimum absolute atomic E-state index is 0.0199. The summed E-state index contributed by atoms with van der Waals surface area (Å²) in [6.07, 6.45) is 5.00. The molecule has 0 aliphatic rings. The Hall–Kier alpha value is -2.39. The van der Waals surface area contributed by atoms with Gasteiger partial charge in [0, 0.05) is 17.8 Å². The molecule has 2 N–H and O–H groups in total. The Kier molecular flexibility index (Phi) is 4.66. The maximum atomic E-state index is 11.3. The van der Waals surface area contributed by atoms with E-state index in [1.807, 2.05) is 0 Å². The zero-order valence-electron chi connectivity index (χ0n) is 8.97. The summed E-state index contributed by atoms with van der Waals surface area (Å²) in [5.74, 6) is 2.09. The summed E-state index contributed by atoms with van der Waals surface area (Å²) < 4.78 is 0. The molecule has 0 aliphatic carbocycles. The highest BCUT2D eigenvalue weighted by Gasteiger charge is 2.05. The van der Waals surface area contributed by atoms with Crippen LogP contribution in [0.3, 0.4) is 0 Å². The average Bonchev–Trinajstić information content (AvgIpc) is 2.30. The van der Waals surface area contributed by atoms with Gasteiger partial charge in [-0.2, -0.15) is 0 Å². The molecule has 0 unspecified atom stereocenters. The number of nitro groups is 1. The highest BCUT2D eigenvalue weighted by molar-refractivity contribution is 5.92. The van der Waals surface area contributed by atoms with E-state index in [0.717, 1.165) is 0 Å². The molecule has 0 saturated heterocycles. The number of nitro benzene ring substituents is 1. The standard InChI is InChI=1S/C11H11N3O3/c1-2-7-12-8-11(15)13-9-3-5-10(6-4-9)14(16)17/h1,3-6,12H,7-8H2,(H,13,15). The molecule has 88 valence electrons. The number of amides is 1. The SMILES string of the molecule is C#CCNCC(=O)Nc1ccc([N+](=O)[O-])cc1. The van der Waals surface area contributed by atoms with Crippen molar-refractivity contribution in [3.8, 4) is 12.3 Å². The average molecular weight is 233 g/mol. The largest absolute Gasteiger partial charge is 0.325 e. The van der Waals surface area contributed by atoms with Crippen LogP contribution in [0.4, 0.5) is 11.4 Å². The molecule has 1 aromatic rings. The van der Waals surface area contributed by atoms with Crippen LogP contribution in [0.15, 0.2) is 24.3 Å². The second-order valence-corrected chi connectivity index (χ2v) is 3.16. The molecule has 17 heavy (non-hydrogen) atoms. The third-order valence-electron chi connectivity index (χ3n) is 1.87. The number of hydrogen-bond acceptors (Lipinski definition) is 4. The summed E-state index contributed by atoms with van der Waals surface area (Å²) >= 11 is 0. The van der Waals surface area contributed by atoms with E-state index in [0.29, 0.717) is 12.2 Å². The molecular formula is C11H11N3O3. The maximum absolute atomic E-state index is 11.3. The Morgan fingerprint density at radius 3 is 2.59 bits per heavy atom. The summed E-state index contributed by atoms with van der Waals surface area (Å²) in [5, 5.41) is 15.7. The molecule has 0 bridgehead atoms. The van der Waals surface area contributed by atoms with Crippen molar-refractivity contribution in [1.29, 1.82) is 0 Å². The van der Waals surface area contributed by atoms with Gasteiger partial charge in [0.15, 0.2) is 0 Å². The summed E-state index contributed by atoms with van der Waals surface area (Å²) in [7, 11) is 0. The first-order valence-corrected chi connectivity index (χ1v) is 4.82. The number of carbonyl (C=O) groups excluding carboxylic acids is 1. The number of anilines is 1. The van der Waals surface area contributed by atoms with Crippen LogP contribution in [-0.2, 0) is 4.79 Å². The van der Waals surface area contributed by atoms with Crippen molar-refractivity contribution in [2.24, 2.45) is 0 Å². The van der Waals surface area contributed by atoms with Gasteiger partial charge >= 0.3 is 0 Å². The van der Waals surface area contributed by atoms with E-state index in [1.165, 1.54) is 24.3 Å². The van der Waals surface area contributed by atoms with E-state index < -0.39 is 4.92 Å². The van der Waals surface area contributed by atoms with Crippen LogP contribution >= 0.6 is 0 Å². The van der Waals surface area contributed by atoms with Crippen molar-refractivity contribution in [3.63, 3.8) is 0 Å². The molecule has 1 aromatic carbocycles. The van der Waals surface area contributed by atoms with Gasteiger partial charge in [-0.25, -0.2) is 0 Å². The van der Waals surface area contributed by atoms with Crippen LogP contribution < -0.4 is 10.6 Å². The van der Waals surface area contributed by atoms with Crippen LogP contribution in [0.25, 0.3) is 0 Å². The molecule has 0 saturated carbocycles. The number of terminal acetylenes is 1. The van der Waals surface area contributed by atoms with Crippen LogP contribution in [0.1, 0.15) is 0 Å². The molecule has 1 rings (SSSR count). The van der Waals surface area contributed by atoms with Gasteiger partial charge in [-0.05, 0) is 12.1 Å². The van der Waals surface area contributed by atoms with Gasteiger partial charge in [0.2, 0.25) is 5.91 Å². The lowest BCUT2D eigenvalue weighted by Crippen LogP contribution is -2.28. The molecule has 6 nitrogen and oxygen atoms in total. The maximum Gasteiger partial charge on any atom is 0.269 e. The van der Waals surface area contributed by atoms with Crippen molar-refractivity contribution in [2.75, 3.05) is 18.4 Å². The van der Waals surface area contributed by atoms with E-state index in [9.17, 15) is 14.9 Å². The van der Waals surface area contributed by atoms with E-state index in [1.54, 1.807) is 0 Å². The van der Waals surface area contributed by atoms with Crippen LogP contribution in [0, 0.1) is 22.5 Å². The summed E-state index contributed by atoms with van der Waals surface area (Å²) in [5.41, 5.74) is 0.483. The Bertz CT molecular complexity index is 448. The lowest BCUT2D eigenvalue weighted by molar-refractivity contribution is -0.384. The number of nitrogens with zero attached hydrogens (tertiary/aromatic N) is 1. The molecule has 0 spiro atoms.